The number of benzene rings is 2. The number of nitrogens with zero attached hydrogens (tertiary/aromatic N) is 5. The normalized spacial score (nSPS) is 12.7. The standard InChI is InChI=1S/C24H12F5N5O/c25-23(26,24(27,28)29)19-10-17(15-7-3-5-13-4-1-2-6-14(13)15)16-8-9-20-31-18(22-33-30-12-35-22)11-34(20)21(16)32-19/h1-12H. The van der Waals surface area contributed by atoms with Gasteiger partial charge in [-0.15, -0.1) is 10.2 Å². The third-order valence-corrected chi connectivity index (χ3v) is 5.74. The second kappa shape index (κ2) is 7.29. The molecule has 11 heteroatoms. The number of rotatable bonds is 3. The molecule has 4 aromatic heterocycles. The number of hydrogen-bond acceptors (Lipinski definition) is 5. The predicted octanol–water partition coefficient (Wildman–Crippen LogP) is 6.41. The average Bonchev–Trinajstić information content (AvgIpc) is 3.52. The maximum Gasteiger partial charge on any atom is 0.459 e. The quantitative estimate of drug-likeness (QED) is 0.273. The lowest BCUT2D eigenvalue weighted by atomic mass is 9.95. The maximum absolute atomic E-state index is 14.6. The van der Waals surface area contributed by atoms with Crippen LogP contribution in [-0.2, 0) is 5.92 Å². The Balaban J connectivity index is 1.73. The van der Waals surface area contributed by atoms with Gasteiger partial charge in [-0.2, -0.15) is 22.0 Å². The van der Waals surface area contributed by atoms with Gasteiger partial charge in [-0.1, -0.05) is 42.5 Å². The lowest BCUT2D eigenvalue weighted by Crippen LogP contribution is -2.34. The summed E-state index contributed by atoms with van der Waals surface area (Å²) in [6.45, 7) is 0. The van der Waals surface area contributed by atoms with Crippen molar-refractivity contribution < 1.29 is 26.4 Å². The molecule has 0 aliphatic heterocycles. The van der Waals surface area contributed by atoms with Gasteiger partial charge in [0, 0.05) is 11.6 Å². The molecule has 35 heavy (non-hydrogen) atoms. The molecule has 0 aliphatic carbocycles. The number of imidazole rings is 1. The van der Waals surface area contributed by atoms with Crippen LogP contribution in [0.3, 0.4) is 0 Å². The van der Waals surface area contributed by atoms with Crippen molar-refractivity contribution in [2.75, 3.05) is 0 Å². The Morgan fingerprint density at radius 1 is 0.800 bits per heavy atom. The SMILES string of the molecule is FC(F)(F)C(F)(F)c1cc(-c2cccc3ccccc23)c2ccc3nc(-c4nnco4)cn3c2n1. The molecular formula is C24H12F5N5O. The molecule has 174 valence electrons. The van der Waals surface area contributed by atoms with Crippen LogP contribution in [0.1, 0.15) is 5.69 Å². The van der Waals surface area contributed by atoms with Crippen LogP contribution in [0, 0.1) is 0 Å². The summed E-state index contributed by atoms with van der Waals surface area (Å²) in [5, 5.41) is 9.22. The van der Waals surface area contributed by atoms with Crippen LogP contribution >= 0.6 is 0 Å². The van der Waals surface area contributed by atoms with Crippen LogP contribution in [0.5, 0.6) is 0 Å². The van der Waals surface area contributed by atoms with Crippen molar-refractivity contribution in [3.05, 3.63) is 78.9 Å². The minimum atomic E-state index is -5.83. The summed E-state index contributed by atoms with van der Waals surface area (Å²) in [6.07, 6.45) is -3.33. The predicted molar refractivity (Wildman–Crippen MR) is 117 cm³/mol. The second-order valence-corrected chi connectivity index (χ2v) is 7.82. The van der Waals surface area contributed by atoms with Gasteiger partial charge in [0.25, 0.3) is 5.89 Å². The van der Waals surface area contributed by atoms with Crippen molar-refractivity contribution in [2.24, 2.45) is 0 Å². The van der Waals surface area contributed by atoms with E-state index in [-0.39, 0.29) is 28.4 Å². The molecule has 0 saturated carbocycles. The summed E-state index contributed by atoms with van der Waals surface area (Å²) in [5.74, 6) is -5.12. The van der Waals surface area contributed by atoms with Crippen molar-refractivity contribution in [1.29, 1.82) is 0 Å². The monoisotopic (exact) mass is 481 g/mol. The molecule has 0 radical (unpaired) electrons. The molecule has 0 N–H and O–H groups in total. The maximum atomic E-state index is 14.6. The number of hydrogen-bond donors (Lipinski definition) is 0. The van der Waals surface area contributed by atoms with Gasteiger partial charge in [0.05, 0.1) is 0 Å². The first-order chi connectivity index (χ1) is 16.7. The van der Waals surface area contributed by atoms with Gasteiger partial charge in [0.15, 0.2) is 0 Å². The Bertz CT molecular complexity index is 1720. The summed E-state index contributed by atoms with van der Waals surface area (Å²) in [4.78, 5) is 8.10. The molecular weight excluding hydrogens is 469 g/mol. The van der Waals surface area contributed by atoms with E-state index in [0.29, 0.717) is 16.3 Å². The number of pyridine rings is 2. The third-order valence-electron chi connectivity index (χ3n) is 5.74. The first-order valence-electron chi connectivity index (χ1n) is 10.3. The lowest BCUT2D eigenvalue weighted by molar-refractivity contribution is -0.290. The smallest absolute Gasteiger partial charge is 0.422 e. The molecule has 0 spiro atoms. The molecule has 0 fully saturated rings. The Labute approximate surface area is 192 Å². The topological polar surface area (TPSA) is 69.1 Å². The van der Waals surface area contributed by atoms with E-state index in [1.54, 1.807) is 36.4 Å². The van der Waals surface area contributed by atoms with Gasteiger partial charge in [0.1, 0.15) is 22.7 Å². The van der Waals surface area contributed by atoms with Gasteiger partial charge >= 0.3 is 12.1 Å². The van der Waals surface area contributed by atoms with Gasteiger partial charge < -0.3 is 4.42 Å². The minimum absolute atomic E-state index is 0.0629. The number of halogens is 5. The van der Waals surface area contributed by atoms with Crippen molar-refractivity contribution in [3.8, 4) is 22.7 Å². The van der Waals surface area contributed by atoms with Gasteiger partial charge in [-0.25, -0.2) is 9.97 Å². The summed E-state index contributed by atoms with van der Waals surface area (Å²) in [6, 6.07) is 16.4. The highest BCUT2D eigenvalue weighted by Crippen LogP contribution is 2.45. The third kappa shape index (κ3) is 3.22. The molecule has 6 aromatic rings. The average molecular weight is 481 g/mol. The van der Waals surface area contributed by atoms with E-state index in [4.69, 9.17) is 4.42 Å². The molecule has 0 saturated heterocycles. The molecule has 0 atom stereocenters. The zero-order chi connectivity index (χ0) is 24.4. The van der Waals surface area contributed by atoms with E-state index < -0.39 is 17.8 Å². The highest BCUT2D eigenvalue weighted by molar-refractivity contribution is 6.04. The minimum Gasteiger partial charge on any atom is -0.422 e. The van der Waals surface area contributed by atoms with Crippen LogP contribution in [0.25, 0.3) is 50.2 Å². The zero-order valence-corrected chi connectivity index (χ0v) is 17.5. The van der Waals surface area contributed by atoms with E-state index in [9.17, 15) is 22.0 Å². The first kappa shape index (κ1) is 21.1. The highest BCUT2D eigenvalue weighted by Gasteiger charge is 2.60. The summed E-state index contributed by atoms with van der Waals surface area (Å²) < 4.78 is 75.8. The Hall–Kier alpha value is -4.41. The summed E-state index contributed by atoms with van der Waals surface area (Å²) in [7, 11) is 0. The summed E-state index contributed by atoms with van der Waals surface area (Å²) >= 11 is 0. The Morgan fingerprint density at radius 2 is 1.60 bits per heavy atom. The molecule has 0 amide bonds. The van der Waals surface area contributed by atoms with E-state index in [0.717, 1.165) is 17.8 Å². The van der Waals surface area contributed by atoms with Crippen LogP contribution in [0.4, 0.5) is 22.0 Å². The largest absolute Gasteiger partial charge is 0.459 e. The Kier molecular flexibility index (Phi) is 4.41. The van der Waals surface area contributed by atoms with Gasteiger partial charge in [0.2, 0.25) is 6.39 Å². The Morgan fingerprint density at radius 3 is 2.37 bits per heavy atom. The molecule has 2 aromatic carbocycles. The number of aromatic nitrogens is 5. The van der Waals surface area contributed by atoms with Gasteiger partial charge in [-0.3, -0.25) is 4.40 Å². The lowest BCUT2D eigenvalue weighted by Gasteiger charge is -2.21. The van der Waals surface area contributed by atoms with Crippen LogP contribution < -0.4 is 0 Å². The van der Waals surface area contributed by atoms with E-state index in [1.807, 2.05) is 18.2 Å². The van der Waals surface area contributed by atoms with Crippen molar-refractivity contribution in [3.63, 3.8) is 0 Å². The fraction of sp³-hybridized carbons (Fsp3) is 0.0833. The van der Waals surface area contributed by atoms with Crippen molar-refractivity contribution in [2.45, 2.75) is 12.1 Å². The number of fused-ring (bicyclic) bond motifs is 4. The molecule has 4 heterocycles. The van der Waals surface area contributed by atoms with Crippen molar-refractivity contribution in [1.82, 2.24) is 24.6 Å². The van der Waals surface area contributed by atoms with Crippen LogP contribution in [0.15, 0.2) is 77.7 Å². The number of alkyl halides is 5. The van der Waals surface area contributed by atoms with E-state index in [2.05, 4.69) is 20.2 Å². The van der Waals surface area contributed by atoms with Gasteiger partial charge in [-0.05, 0) is 40.1 Å². The fourth-order valence-corrected chi connectivity index (χ4v) is 4.11. The molecule has 0 bridgehead atoms. The van der Waals surface area contributed by atoms with E-state index >= 15 is 0 Å². The zero-order valence-electron chi connectivity index (χ0n) is 17.5. The van der Waals surface area contributed by atoms with Crippen LogP contribution in [0.2, 0.25) is 0 Å². The first-order valence-corrected chi connectivity index (χ1v) is 10.3. The molecule has 6 nitrogen and oxygen atoms in total. The van der Waals surface area contributed by atoms with Crippen LogP contribution in [-0.4, -0.2) is 30.7 Å². The van der Waals surface area contributed by atoms with E-state index in [1.165, 1.54) is 10.6 Å². The highest BCUT2D eigenvalue weighted by atomic mass is 19.4. The van der Waals surface area contributed by atoms with Crippen molar-refractivity contribution >= 4 is 27.5 Å². The summed E-state index contributed by atoms with van der Waals surface area (Å²) in [5.41, 5.74) is -0.385. The molecule has 0 aliphatic rings. The molecule has 0 unspecified atom stereocenters. The fourth-order valence-electron chi connectivity index (χ4n) is 4.11. The second-order valence-electron chi connectivity index (χ2n) is 7.82. The molecule has 6 rings (SSSR count).